The van der Waals surface area contributed by atoms with Gasteiger partial charge in [-0.1, -0.05) is 11.6 Å². The van der Waals surface area contributed by atoms with Gasteiger partial charge in [0, 0.05) is 41.9 Å². The number of fused-ring (bicyclic) bond motifs is 5. The van der Waals surface area contributed by atoms with E-state index in [9.17, 15) is 24.3 Å². The zero-order valence-corrected chi connectivity index (χ0v) is 25.9. The van der Waals surface area contributed by atoms with Crippen molar-refractivity contribution in [1.82, 2.24) is 4.90 Å². The molecule has 1 aromatic heterocycles. The molecule has 3 aromatic rings. The number of rotatable bonds is 4. The van der Waals surface area contributed by atoms with Gasteiger partial charge in [0.25, 0.3) is 0 Å². The van der Waals surface area contributed by atoms with Crippen LogP contribution in [-0.2, 0) is 24.7 Å². The lowest BCUT2D eigenvalue weighted by atomic mass is 9.52. The topological polar surface area (TPSA) is 142 Å². The van der Waals surface area contributed by atoms with Crippen molar-refractivity contribution < 1.29 is 42.9 Å². The molecule has 3 atom stereocenters. The van der Waals surface area contributed by atoms with Crippen molar-refractivity contribution >= 4 is 51.0 Å². The predicted molar refractivity (Wildman–Crippen MR) is 159 cm³/mol. The van der Waals surface area contributed by atoms with Gasteiger partial charge >= 0.3 is 0 Å². The molecule has 6 rings (SSSR count). The first-order valence-electron chi connectivity index (χ1n) is 13.8. The van der Waals surface area contributed by atoms with Crippen LogP contribution in [0.15, 0.2) is 44.3 Å². The van der Waals surface area contributed by atoms with Gasteiger partial charge in [-0.05, 0) is 45.4 Å². The molecule has 1 N–H and O–H groups in total. The Morgan fingerprint density at radius 2 is 1.80 bits per heavy atom. The summed E-state index contributed by atoms with van der Waals surface area (Å²) >= 11 is 6.32. The van der Waals surface area contributed by atoms with Crippen LogP contribution in [0, 0.1) is 5.41 Å². The fourth-order valence-corrected chi connectivity index (χ4v) is 6.91. The molecule has 2 aliphatic carbocycles. The van der Waals surface area contributed by atoms with Crippen LogP contribution in [0.3, 0.4) is 0 Å². The van der Waals surface area contributed by atoms with Gasteiger partial charge in [-0.2, -0.15) is 0 Å². The minimum Gasteiger partial charge on any atom is -0.495 e. The number of halogens is 1. The normalized spacial score (nSPS) is 24.7. The third kappa shape index (κ3) is 3.63. The summed E-state index contributed by atoms with van der Waals surface area (Å²) in [5, 5.41) is 12.9. The first kappa shape index (κ1) is 29.9. The van der Waals surface area contributed by atoms with Crippen LogP contribution in [0.4, 0.5) is 0 Å². The number of carbonyl (C=O) groups excluding carboxylic acids is 3. The van der Waals surface area contributed by atoms with Crippen LogP contribution >= 0.6 is 11.6 Å². The molecule has 0 saturated carbocycles. The number of hydrogen-bond donors (Lipinski definition) is 1. The Labute approximate surface area is 256 Å². The van der Waals surface area contributed by atoms with Gasteiger partial charge in [0.05, 0.1) is 36.1 Å². The number of ether oxygens (including phenoxy) is 4. The lowest BCUT2D eigenvalue weighted by molar-refractivity contribution is -0.177. The summed E-state index contributed by atoms with van der Waals surface area (Å²) in [4.78, 5) is 56.3. The fourth-order valence-electron chi connectivity index (χ4n) is 6.69. The zero-order valence-electron chi connectivity index (χ0n) is 25.2. The Balaban J connectivity index is 1.74. The van der Waals surface area contributed by atoms with E-state index in [0.29, 0.717) is 5.70 Å². The third-order valence-electron chi connectivity index (χ3n) is 9.27. The summed E-state index contributed by atoms with van der Waals surface area (Å²) in [5.74, 6) is -1.46. The molecule has 12 heteroatoms. The second-order valence-electron chi connectivity index (χ2n) is 11.5. The van der Waals surface area contributed by atoms with Crippen molar-refractivity contribution in [2.24, 2.45) is 5.41 Å². The summed E-state index contributed by atoms with van der Waals surface area (Å²) < 4.78 is 29.4. The molecular formula is C32H30ClNO10. The number of aliphatic hydroxyl groups is 1. The van der Waals surface area contributed by atoms with E-state index in [1.165, 1.54) is 58.1 Å². The highest BCUT2D eigenvalue weighted by Gasteiger charge is 2.67. The molecule has 0 radical (unpaired) electrons. The Morgan fingerprint density at radius 1 is 1.11 bits per heavy atom. The van der Waals surface area contributed by atoms with E-state index in [-0.39, 0.29) is 85.6 Å². The molecule has 1 amide bonds. The van der Waals surface area contributed by atoms with Crippen LogP contribution in [0.1, 0.15) is 51.3 Å². The number of amides is 1. The molecule has 0 bridgehead atoms. The van der Waals surface area contributed by atoms with Crippen LogP contribution in [0.2, 0.25) is 5.02 Å². The van der Waals surface area contributed by atoms with Crippen molar-refractivity contribution in [3.63, 3.8) is 0 Å². The number of allylic oxidation sites excluding steroid dienone is 3. The SMILES string of the molecule is COc1c(Cl)ccc2c(=O)c3c(OC)c4c5c(c3oc12)OCOC5CC1(C)C(=O)C(/C=C(/C)N(C)C(C)=O)=C(C)C(=O)C41O. The number of methoxy groups -OCH3 is 2. The van der Waals surface area contributed by atoms with Gasteiger partial charge in [-0.15, -0.1) is 0 Å². The number of hydrogen-bond acceptors (Lipinski definition) is 10. The van der Waals surface area contributed by atoms with E-state index in [0.717, 1.165) is 0 Å². The summed E-state index contributed by atoms with van der Waals surface area (Å²) in [7, 11) is 4.25. The molecule has 44 heavy (non-hydrogen) atoms. The van der Waals surface area contributed by atoms with Crippen LogP contribution in [0.25, 0.3) is 21.9 Å². The van der Waals surface area contributed by atoms with Gasteiger partial charge in [-0.3, -0.25) is 19.2 Å². The highest BCUT2D eigenvalue weighted by Crippen LogP contribution is 2.64. The average molecular weight is 624 g/mol. The van der Waals surface area contributed by atoms with Crippen molar-refractivity contribution in [3.05, 3.63) is 61.4 Å². The molecule has 1 aliphatic heterocycles. The van der Waals surface area contributed by atoms with E-state index in [4.69, 9.17) is 35.0 Å². The molecule has 2 aromatic carbocycles. The first-order valence-corrected chi connectivity index (χ1v) is 14.2. The smallest absolute Gasteiger partial charge is 0.223 e. The minimum absolute atomic E-state index is 0.00691. The van der Waals surface area contributed by atoms with Crippen molar-refractivity contribution in [3.8, 4) is 17.2 Å². The Kier molecular flexibility index (Phi) is 6.73. The molecule has 3 aliphatic rings. The number of nitrogens with zero attached hydrogens (tertiary/aromatic N) is 1. The quantitative estimate of drug-likeness (QED) is 0.414. The number of benzene rings is 2. The van der Waals surface area contributed by atoms with Crippen molar-refractivity contribution in [2.75, 3.05) is 28.1 Å². The molecule has 0 spiro atoms. The third-order valence-corrected chi connectivity index (χ3v) is 9.57. The summed E-state index contributed by atoms with van der Waals surface area (Å²) in [5.41, 5.74) is -4.08. The van der Waals surface area contributed by atoms with E-state index in [1.807, 2.05) is 0 Å². The Hall–Kier alpha value is -4.19. The lowest BCUT2D eigenvalue weighted by Gasteiger charge is -2.53. The van der Waals surface area contributed by atoms with Crippen LogP contribution in [-0.4, -0.2) is 55.5 Å². The second kappa shape index (κ2) is 9.91. The molecule has 0 saturated heterocycles. The summed E-state index contributed by atoms with van der Waals surface area (Å²) in [6, 6.07) is 2.96. The summed E-state index contributed by atoms with van der Waals surface area (Å²) in [6.07, 6.45) is 0.524. The number of Topliss-reactive ketones (excluding diaryl/α,β-unsaturated/α-hetero) is 2. The highest BCUT2D eigenvalue weighted by molar-refractivity contribution is 6.33. The minimum atomic E-state index is -2.48. The van der Waals surface area contributed by atoms with Crippen molar-refractivity contribution in [2.45, 2.75) is 45.8 Å². The Bertz CT molecular complexity index is 1970. The van der Waals surface area contributed by atoms with E-state index in [2.05, 4.69) is 0 Å². The van der Waals surface area contributed by atoms with Crippen LogP contribution in [0.5, 0.6) is 17.2 Å². The van der Waals surface area contributed by atoms with Crippen molar-refractivity contribution in [1.29, 1.82) is 0 Å². The largest absolute Gasteiger partial charge is 0.495 e. The van der Waals surface area contributed by atoms with Gasteiger partial charge in [0.1, 0.15) is 11.1 Å². The first-order chi connectivity index (χ1) is 20.7. The average Bonchev–Trinajstić information content (AvgIpc) is 3.00. The molecule has 230 valence electrons. The summed E-state index contributed by atoms with van der Waals surface area (Å²) in [6.45, 7) is 5.72. The molecular weight excluding hydrogens is 594 g/mol. The molecule has 0 fully saturated rings. The zero-order chi connectivity index (χ0) is 32.0. The molecule has 2 heterocycles. The van der Waals surface area contributed by atoms with Gasteiger partial charge in [-0.25, -0.2) is 0 Å². The Morgan fingerprint density at radius 3 is 2.43 bits per heavy atom. The maximum Gasteiger partial charge on any atom is 0.223 e. The van der Waals surface area contributed by atoms with Crippen LogP contribution < -0.4 is 19.6 Å². The lowest BCUT2D eigenvalue weighted by Crippen LogP contribution is -2.61. The number of ketones is 2. The van der Waals surface area contributed by atoms with Gasteiger partial charge in [0.15, 0.2) is 46.6 Å². The maximum absolute atomic E-state index is 14.4. The second-order valence-corrected chi connectivity index (χ2v) is 11.9. The maximum atomic E-state index is 14.4. The fraction of sp³-hybridized carbons (Fsp3) is 0.375. The van der Waals surface area contributed by atoms with Gasteiger partial charge in [0.2, 0.25) is 11.3 Å². The molecule has 11 nitrogen and oxygen atoms in total. The monoisotopic (exact) mass is 623 g/mol. The molecule has 3 unspecified atom stereocenters. The number of carbonyl (C=O) groups is 3. The van der Waals surface area contributed by atoms with E-state index in [1.54, 1.807) is 14.0 Å². The van der Waals surface area contributed by atoms with Gasteiger partial charge < -0.3 is 33.4 Å². The highest BCUT2D eigenvalue weighted by atomic mass is 35.5. The predicted octanol–water partition coefficient (Wildman–Crippen LogP) is 4.47. The van der Waals surface area contributed by atoms with E-state index >= 15 is 0 Å². The standard InChI is InChI=1S/C32H30ClNO10/c1-13(34(5)15(3)35)10-17-14(2)29(37)32(39)22-20-19(11-31(32,4)30(17)38)42-12-43-27(20)28-21(26(22)41-7)23(36)16-8-9-18(33)25(40-6)24(16)44-28/h8-10,19,39H,11-12H2,1-7H3/b13-10-. The van der Waals surface area contributed by atoms with E-state index < -0.39 is 34.1 Å².